The number of benzene rings is 1. The number of amides is 1. The zero-order valence-corrected chi connectivity index (χ0v) is 12.8. The maximum absolute atomic E-state index is 12.3. The van der Waals surface area contributed by atoms with Gasteiger partial charge in [0.25, 0.3) is 0 Å². The Morgan fingerprint density at radius 3 is 2.77 bits per heavy atom. The molecule has 0 aliphatic heterocycles. The number of hydrogen-bond acceptors (Lipinski definition) is 4. The molecule has 22 heavy (non-hydrogen) atoms. The zero-order valence-electron chi connectivity index (χ0n) is 12.8. The smallest absolute Gasteiger partial charge is 0.231 e. The normalized spacial score (nSPS) is 10.9. The lowest BCUT2D eigenvalue weighted by Crippen LogP contribution is -2.19. The van der Waals surface area contributed by atoms with Gasteiger partial charge in [0.2, 0.25) is 11.9 Å². The molecule has 1 N–H and O–H groups in total. The molecule has 0 unspecified atom stereocenters. The van der Waals surface area contributed by atoms with Crippen molar-refractivity contribution in [2.45, 2.75) is 20.3 Å². The van der Waals surface area contributed by atoms with Gasteiger partial charge < -0.3 is 0 Å². The van der Waals surface area contributed by atoms with Crippen LogP contribution in [0.1, 0.15) is 16.8 Å². The summed E-state index contributed by atoms with van der Waals surface area (Å²) in [5, 5.41) is 7.77. The van der Waals surface area contributed by atoms with Crippen LogP contribution in [0.4, 0.5) is 5.95 Å². The molecule has 2 heterocycles. The highest BCUT2D eigenvalue weighted by atomic mass is 16.1. The van der Waals surface area contributed by atoms with Crippen LogP contribution in [0.3, 0.4) is 0 Å². The number of aryl methyl sites for hydroxylation is 3. The maximum atomic E-state index is 12.3. The molecule has 3 rings (SSSR count). The van der Waals surface area contributed by atoms with Gasteiger partial charge in [0, 0.05) is 18.1 Å². The first-order valence-electron chi connectivity index (χ1n) is 7.05. The molecular weight excluding hydrogens is 278 g/mol. The van der Waals surface area contributed by atoms with Gasteiger partial charge in [0.05, 0.1) is 11.9 Å². The molecule has 0 radical (unpaired) electrons. The predicted octanol–water partition coefficient (Wildman–Crippen LogP) is 2.16. The van der Waals surface area contributed by atoms with Gasteiger partial charge in [0.1, 0.15) is 6.33 Å². The summed E-state index contributed by atoms with van der Waals surface area (Å²) >= 11 is 0. The molecule has 0 saturated heterocycles. The summed E-state index contributed by atoms with van der Waals surface area (Å²) in [6.07, 6.45) is 1.67. The molecular formula is C16H17N5O. The van der Waals surface area contributed by atoms with Crippen LogP contribution < -0.4 is 5.32 Å². The van der Waals surface area contributed by atoms with E-state index in [1.807, 2.05) is 38.1 Å². The molecule has 0 atom stereocenters. The fourth-order valence-electron chi connectivity index (χ4n) is 2.57. The first-order valence-corrected chi connectivity index (χ1v) is 7.05. The van der Waals surface area contributed by atoms with Crippen molar-refractivity contribution in [3.63, 3.8) is 0 Å². The topological polar surface area (TPSA) is 72.7 Å². The first kappa shape index (κ1) is 14.2. The number of carbonyl (C=O) groups excluding carboxylic acids is 1. The first-order chi connectivity index (χ1) is 10.6. The van der Waals surface area contributed by atoms with E-state index < -0.39 is 0 Å². The number of carbonyl (C=O) groups is 1. The van der Waals surface area contributed by atoms with Gasteiger partial charge in [-0.05, 0) is 31.0 Å². The van der Waals surface area contributed by atoms with Gasteiger partial charge in [-0.25, -0.2) is 4.68 Å². The quantitative estimate of drug-likeness (QED) is 0.803. The molecule has 0 aliphatic carbocycles. The summed E-state index contributed by atoms with van der Waals surface area (Å²) in [5.74, 6) is 0.313. The van der Waals surface area contributed by atoms with Crippen molar-refractivity contribution >= 4 is 22.8 Å². The van der Waals surface area contributed by atoms with Crippen molar-refractivity contribution in [3.05, 3.63) is 47.4 Å². The van der Waals surface area contributed by atoms with Crippen LogP contribution in [-0.4, -0.2) is 25.7 Å². The third kappa shape index (κ3) is 2.55. The fraction of sp³-hybridized carbons (Fsp3) is 0.250. The Morgan fingerprint density at radius 1 is 1.27 bits per heavy atom. The average molecular weight is 295 g/mol. The Labute approximate surface area is 128 Å². The highest BCUT2D eigenvalue weighted by molar-refractivity contribution is 5.92. The summed E-state index contributed by atoms with van der Waals surface area (Å²) in [5.41, 5.74) is 3.88. The third-order valence-corrected chi connectivity index (χ3v) is 3.79. The minimum Gasteiger partial charge on any atom is -0.294 e. The number of para-hydroxylation sites is 1. The molecule has 2 aromatic heterocycles. The Balaban J connectivity index is 1.90. The third-order valence-electron chi connectivity index (χ3n) is 3.79. The van der Waals surface area contributed by atoms with Crippen LogP contribution in [-0.2, 0) is 18.3 Å². The number of fused-ring (bicyclic) bond motifs is 1. The van der Waals surface area contributed by atoms with E-state index in [0.717, 1.165) is 27.7 Å². The van der Waals surface area contributed by atoms with E-state index in [1.54, 1.807) is 7.05 Å². The van der Waals surface area contributed by atoms with Crippen LogP contribution >= 0.6 is 0 Å². The van der Waals surface area contributed by atoms with Crippen molar-refractivity contribution in [2.24, 2.45) is 7.05 Å². The number of pyridine rings is 1. The molecule has 3 aromatic rings. The van der Waals surface area contributed by atoms with Gasteiger partial charge in [0.15, 0.2) is 0 Å². The van der Waals surface area contributed by atoms with E-state index >= 15 is 0 Å². The van der Waals surface area contributed by atoms with Gasteiger partial charge >= 0.3 is 0 Å². The lowest BCUT2D eigenvalue weighted by molar-refractivity contribution is -0.115. The Bertz CT molecular complexity index is 853. The molecule has 112 valence electrons. The number of nitrogens with one attached hydrogen (secondary N) is 1. The zero-order chi connectivity index (χ0) is 15.7. The molecule has 0 fully saturated rings. The van der Waals surface area contributed by atoms with E-state index in [-0.39, 0.29) is 12.3 Å². The summed E-state index contributed by atoms with van der Waals surface area (Å²) in [6, 6.07) is 7.96. The van der Waals surface area contributed by atoms with Gasteiger partial charge in [-0.2, -0.15) is 10.1 Å². The summed E-state index contributed by atoms with van der Waals surface area (Å²) in [4.78, 5) is 20.8. The van der Waals surface area contributed by atoms with Crippen LogP contribution in [0.5, 0.6) is 0 Å². The monoisotopic (exact) mass is 295 g/mol. The molecule has 0 spiro atoms. The second-order valence-electron chi connectivity index (χ2n) is 5.25. The predicted molar refractivity (Wildman–Crippen MR) is 84.6 cm³/mol. The lowest BCUT2D eigenvalue weighted by Gasteiger charge is -2.12. The Morgan fingerprint density at radius 2 is 2.05 bits per heavy atom. The van der Waals surface area contributed by atoms with E-state index in [1.165, 1.54) is 11.0 Å². The SMILES string of the molecule is Cc1nc2ccccc2c(C)c1CC(=O)Nc1ncnn1C. The Kier molecular flexibility index (Phi) is 3.58. The summed E-state index contributed by atoms with van der Waals surface area (Å²) in [7, 11) is 1.73. The molecule has 0 saturated carbocycles. The summed E-state index contributed by atoms with van der Waals surface area (Å²) in [6.45, 7) is 3.96. The number of nitrogens with zero attached hydrogens (tertiary/aromatic N) is 4. The maximum Gasteiger partial charge on any atom is 0.231 e. The van der Waals surface area contributed by atoms with Gasteiger partial charge in [-0.1, -0.05) is 18.2 Å². The lowest BCUT2D eigenvalue weighted by atomic mass is 9.99. The molecule has 6 heteroatoms. The van der Waals surface area contributed by atoms with Crippen molar-refractivity contribution in [2.75, 3.05) is 5.32 Å². The second kappa shape index (κ2) is 5.55. The number of hydrogen-bond donors (Lipinski definition) is 1. The van der Waals surface area contributed by atoms with Crippen molar-refractivity contribution in [1.29, 1.82) is 0 Å². The van der Waals surface area contributed by atoms with E-state index in [2.05, 4.69) is 20.4 Å². The van der Waals surface area contributed by atoms with Crippen LogP contribution in [0, 0.1) is 13.8 Å². The minimum atomic E-state index is -0.126. The van der Waals surface area contributed by atoms with E-state index in [0.29, 0.717) is 5.95 Å². The molecule has 1 aromatic carbocycles. The highest BCUT2D eigenvalue weighted by Gasteiger charge is 2.14. The van der Waals surface area contributed by atoms with Crippen LogP contribution in [0.25, 0.3) is 10.9 Å². The highest BCUT2D eigenvalue weighted by Crippen LogP contribution is 2.23. The largest absolute Gasteiger partial charge is 0.294 e. The Hall–Kier alpha value is -2.76. The standard InChI is InChI=1S/C16H17N5O/c1-10-12-6-4-5-7-14(12)19-11(2)13(10)8-15(22)20-16-17-9-18-21(16)3/h4-7,9H,8H2,1-3H3,(H,17,18,20,22). The molecule has 0 bridgehead atoms. The summed E-state index contributed by atoms with van der Waals surface area (Å²) < 4.78 is 1.52. The van der Waals surface area contributed by atoms with Gasteiger partial charge in [-0.3, -0.25) is 15.1 Å². The molecule has 0 aliphatic rings. The van der Waals surface area contributed by atoms with Crippen molar-refractivity contribution in [3.8, 4) is 0 Å². The molecule has 6 nitrogen and oxygen atoms in total. The fourth-order valence-corrected chi connectivity index (χ4v) is 2.57. The van der Waals surface area contributed by atoms with Crippen LogP contribution in [0.15, 0.2) is 30.6 Å². The average Bonchev–Trinajstić information content (AvgIpc) is 2.89. The minimum absolute atomic E-state index is 0.126. The van der Waals surface area contributed by atoms with Crippen LogP contribution in [0.2, 0.25) is 0 Å². The number of rotatable bonds is 3. The number of anilines is 1. The van der Waals surface area contributed by atoms with Gasteiger partial charge in [-0.15, -0.1) is 0 Å². The van der Waals surface area contributed by atoms with E-state index in [4.69, 9.17) is 0 Å². The van der Waals surface area contributed by atoms with Crippen molar-refractivity contribution in [1.82, 2.24) is 19.7 Å². The second-order valence-corrected chi connectivity index (χ2v) is 5.25. The van der Waals surface area contributed by atoms with Crippen molar-refractivity contribution < 1.29 is 4.79 Å². The number of aromatic nitrogens is 4. The molecule has 1 amide bonds. The van der Waals surface area contributed by atoms with E-state index in [9.17, 15) is 4.79 Å².